The third-order valence-corrected chi connectivity index (χ3v) is 4.80. The highest BCUT2D eigenvalue weighted by Crippen LogP contribution is 2.21. The second kappa shape index (κ2) is 8.56. The average Bonchev–Trinajstić information content (AvgIpc) is 2.65. The molecule has 0 unspecified atom stereocenters. The van der Waals surface area contributed by atoms with Crippen molar-refractivity contribution in [3.8, 4) is 0 Å². The van der Waals surface area contributed by atoms with Gasteiger partial charge >= 0.3 is 5.97 Å². The van der Waals surface area contributed by atoms with Crippen LogP contribution in [-0.4, -0.2) is 24.1 Å². The van der Waals surface area contributed by atoms with Crippen LogP contribution < -0.4 is 0 Å². The normalized spacial score (nSPS) is 10.5. The Balaban J connectivity index is 1.90. The smallest absolute Gasteiger partial charge is 0.306 e. The number of hydrogen-bond donors (Lipinski definition) is 0. The summed E-state index contributed by atoms with van der Waals surface area (Å²) in [4.78, 5) is 36.2. The molecule has 0 amide bonds. The van der Waals surface area contributed by atoms with Crippen LogP contribution in [0.4, 0.5) is 0 Å². The molecule has 2 aromatic carbocycles. The molecule has 0 atom stereocenters. The number of Topliss-reactive ketones (excluding diaryl/α,β-unsaturated/α-hetero) is 2. The second-order valence-corrected chi connectivity index (χ2v) is 6.49. The van der Waals surface area contributed by atoms with E-state index in [1.54, 1.807) is 24.3 Å². The maximum atomic E-state index is 12.4. The fraction of sp³-hybridized carbons (Fsp3) is 0.318. The summed E-state index contributed by atoms with van der Waals surface area (Å²) >= 11 is 0. The van der Waals surface area contributed by atoms with E-state index in [-0.39, 0.29) is 31.0 Å². The van der Waals surface area contributed by atoms with E-state index in [4.69, 9.17) is 4.74 Å². The summed E-state index contributed by atoms with van der Waals surface area (Å²) in [5.74, 6) is -0.883. The quantitative estimate of drug-likeness (QED) is 0.550. The van der Waals surface area contributed by atoms with Crippen molar-refractivity contribution in [2.75, 3.05) is 6.61 Å². The first-order valence-corrected chi connectivity index (χ1v) is 8.65. The predicted molar refractivity (Wildman–Crippen MR) is 101 cm³/mol. The fourth-order valence-electron chi connectivity index (χ4n) is 2.78. The Morgan fingerprint density at radius 2 is 1.46 bits per heavy atom. The lowest BCUT2D eigenvalue weighted by atomic mass is 9.93. The molecule has 0 N–H and O–H groups in total. The van der Waals surface area contributed by atoms with Gasteiger partial charge in [-0.15, -0.1) is 0 Å². The summed E-state index contributed by atoms with van der Waals surface area (Å²) in [6.07, 6.45) is 0.0325. The summed E-state index contributed by atoms with van der Waals surface area (Å²) in [6.45, 7) is 7.56. The van der Waals surface area contributed by atoms with E-state index in [0.29, 0.717) is 11.1 Å². The summed E-state index contributed by atoms with van der Waals surface area (Å²) in [7, 11) is 0. The Morgan fingerprint density at radius 1 is 0.808 bits per heavy atom. The summed E-state index contributed by atoms with van der Waals surface area (Å²) in [5, 5.41) is 0. The molecule has 0 saturated carbocycles. The number of hydrogen-bond acceptors (Lipinski definition) is 4. The topological polar surface area (TPSA) is 60.4 Å². The van der Waals surface area contributed by atoms with Crippen LogP contribution in [0, 0.1) is 27.7 Å². The lowest BCUT2D eigenvalue weighted by molar-refractivity contribution is -0.142. The lowest BCUT2D eigenvalue weighted by Crippen LogP contribution is -2.16. The second-order valence-electron chi connectivity index (χ2n) is 6.49. The van der Waals surface area contributed by atoms with Crippen molar-refractivity contribution < 1.29 is 19.1 Å². The molecule has 0 aliphatic carbocycles. The van der Waals surface area contributed by atoms with Gasteiger partial charge in [-0.25, -0.2) is 0 Å². The Labute approximate surface area is 154 Å². The van der Waals surface area contributed by atoms with Crippen molar-refractivity contribution in [2.24, 2.45) is 0 Å². The van der Waals surface area contributed by atoms with Gasteiger partial charge in [-0.2, -0.15) is 0 Å². The minimum absolute atomic E-state index is 0.0358. The monoisotopic (exact) mass is 352 g/mol. The number of carbonyl (C=O) groups excluding carboxylic acids is 3. The molecule has 0 saturated heterocycles. The van der Waals surface area contributed by atoms with Gasteiger partial charge in [0.1, 0.15) is 0 Å². The molecule has 0 bridgehead atoms. The molecule has 0 fully saturated rings. The van der Waals surface area contributed by atoms with Gasteiger partial charge in [0.05, 0.1) is 6.42 Å². The molecular weight excluding hydrogens is 328 g/mol. The molecule has 0 spiro atoms. The van der Waals surface area contributed by atoms with Crippen molar-refractivity contribution in [3.05, 3.63) is 69.8 Å². The van der Waals surface area contributed by atoms with Crippen LogP contribution in [0.15, 0.2) is 36.4 Å². The molecule has 136 valence electrons. The van der Waals surface area contributed by atoms with Gasteiger partial charge in [0.2, 0.25) is 5.78 Å². The largest absolute Gasteiger partial charge is 0.457 e. The molecule has 0 aliphatic rings. The van der Waals surface area contributed by atoms with E-state index in [2.05, 4.69) is 0 Å². The zero-order valence-corrected chi connectivity index (χ0v) is 15.7. The maximum absolute atomic E-state index is 12.4. The molecule has 0 aliphatic heterocycles. The standard InChI is InChI=1S/C22H24O4/c1-14-12-19(17(4)16(3)15(14)2)21(24)13-26-22(25)11-10-20(23)18-8-6-5-7-9-18/h5-9,12H,10-11,13H2,1-4H3. The van der Waals surface area contributed by atoms with Crippen LogP contribution >= 0.6 is 0 Å². The first kappa shape index (κ1) is 19.6. The molecule has 0 heterocycles. The lowest BCUT2D eigenvalue weighted by Gasteiger charge is -2.13. The highest BCUT2D eigenvalue weighted by atomic mass is 16.5. The molecule has 2 aromatic rings. The van der Waals surface area contributed by atoms with E-state index in [1.165, 1.54) is 0 Å². The van der Waals surface area contributed by atoms with Crippen molar-refractivity contribution in [2.45, 2.75) is 40.5 Å². The highest BCUT2D eigenvalue weighted by molar-refractivity contribution is 6.00. The SMILES string of the molecule is Cc1cc(C(=O)COC(=O)CCC(=O)c2ccccc2)c(C)c(C)c1C. The maximum Gasteiger partial charge on any atom is 0.306 e. The molecule has 4 heteroatoms. The zero-order chi connectivity index (χ0) is 19.3. The van der Waals surface area contributed by atoms with E-state index >= 15 is 0 Å². The van der Waals surface area contributed by atoms with Gasteiger partial charge in [0.15, 0.2) is 12.4 Å². The van der Waals surface area contributed by atoms with E-state index < -0.39 is 5.97 Å². The van der Waals surface area contributed by atoms with Gasteiger partial charge in [-0.3, -0.25) is 14.4 Å². The number of carbonyl (C=O) groups is 3. The molecule has 26 heavy (non-hydrogen) atoms. The molecular formula is C22H24O4. The van der Waals surface area contributed by atoms with E-state index in [1.807, 2.05) is 39.8 Å². The van der Waals surface area contributed by atoms with E-state index in [9.17, 15) is 14.4 Å². The third kappa shape index (κ3) is 4.66. The Kier molecular flexibility index (Phi) is 6.45. The first-order chi connectivity index (χ1) is 12.3. The van der Waals surface area contributed by atoms with Crippen LogP contribution in [0.1, 0.15) is 55.8 Å². The minimum Gasteiger partial charge on any atom is -0.457 e. The van der Waals surface area contributed by atoms with Crippen LogP contribution in [-0.2, 0) is 9.53 Å². The summed E-state index contributed by atoms with van der Waals surface area (Å²) in [6, 6.07) is 10.6. The number of ketones is 2. The fourth-order valence-corrected chi connectivity index (χ4v) is 2.78. The van der Waals surface area contributed by atoms with Crippen LogP contribution in [0.2, 0.25) is 0 Å². The van der Waals surface area contributed by atoms with Crippen molar-refractivity contribution >= 4 is 17.5 Å². The molecule has 4 nitrogen and oxygen atoms in total. The Bertz CT molecular complexity index is 835. The van der Waals surface area contributed by atoms with Crippen molar-refractivity contribution in [3.63, 3.8) is 0 Å². The predicted octanol–water partition coefficient (Wildman–Crippen LogP) is 4.31. The van der Waals surface area contributed by atoms with Gasteiger partial charge < -0.3 is 4.74 Å². The molecule has 0 radical (unpaired) electrons. The number of rotatable bonds is 7. The molecule has 2 rings (SSSR count). The number of esters is 1. The summed E-state index contributed by atoms with van der Waals surface area (Å²) < 4.78 is 5.07. The Hall–Kier alpha value is -2.75. The van der Waals surface area contributed by atoms with Crippen molar-refractivity contribution in [1.82, 2.24) is 0 Å². The zero-order valence-electron chi connectivity index (χ0n) is 15.7. The third-order valence-electron chi connectivity index (χ3n) is 4.80. The number of aryl methyl sites for hydroxylation is 1. The van der Waals surface area contributed by atoms with Gasteiger partial charge in [-0.1, -0.05) is 30.3 Å². The first-order valence-electron chi connectivity index (χ1n) is 8.65. The summed E-state index contributed by atoms with van der Waals surface area (Å²) in [5.41, 5.74) is 5.34. The van der Waals surface area contributed by atoms with Crippen LogP contribution in [0.25, 0.3) is 0 Å². The highest BCUT2D eigenvalue weighted by Gasteiger charge is 2.16. The van der Waals surface area contributed by atoms with Crippen molar-refractivity contribution in [1.29, 1.82) is 0 Å². The number of ether oxygens (including phenoxy) is 1. The van der Waals surface area contributed by atoms with Gasteiger partial charge in [-0.05, 0) is 56.0 Å². The van der Waals surface area contributed by atoms with Gasteiger partial charge in [0, 0.05) is 17.5 Å². The minimum atomic E-state index is -0.541. The molecule has 0 aromatic heterocycles. The average molecular weight is 352 g/mol. The van der Waals surface area contributed by atoms with Gasteiger partial charge in [0.25, 0.3) is 0 Å². The van der Waals surface area contributed by atoms with Crippen LogP contribution in [0.5, 0.6) is 0 Å². The van der Waals surface area contributed by atoms with Crippen LogP contribution in [0.3, 0.4) is 0 Å². The number of benzene rings is 2. The Morgan fingerprint density at radius 3 is 2.12 bits per heavy atom. The van der Waals surface area contributed by atoms with E-state index in [0.717, 1.165) is 22.3 Å².